The van der Waals surface area contributed by atoms with Crippen molar-refractivity contribution in [2.75, 3.05) is 13.7 Å². The first kappa shape index (κ1) is 20.8. The van der Waals surface area contributed by atoms with Crippen LogP contribution >= 0.6 is 0 Å². The second-order valence-electron chi connectivity index (χ2n) is 7.58. The molecule has 0 aliphatic carbocycles. The van der Waals surface area contributed by atoms with Gasteiger partial charge in [-0.2, -0.15) is 0 Å². The van der Waals surface area contributed by atoms with Gasteiger partial charge in [-0.15, -0.1) is 0 Å². The van der Waals surface area contributed by atoms with Crippen molar-refractivity contribution in [1.29, 1.82) is 0 Å². The van der Waals surface area contributed by atoms with Crippen molar-refractivity contribution >= 4 is 11.8 Å². The Morgan fingerprint density at radius 3 is 2.66 bits per heavy atom. The molecule has 1 aliphatic heterocycles. The third-order valence-corrected chi connectivity index (χ3v) is 5.39. The summed E-state index contributed by atoms with van der Waals surface area (Å²) in [5.74, 6) is 0.490. The zero-order valence-electron chi connectivity index (χ0n) is 16.7. The van der Waals surface area contributed by atoms with Gasteiger partial charge in [-0.05, 0) is 61.1 Å². The van der Waals surface area contributed by atoms with Crippen LogP contribution in [0.2, 0.25) is 0 Å². The summed E-state index contributed by atoms with van der Waals surface area (Å²) in [6.45, 7) is 0.458. The van der Waals surface area contributed by atoms with Crippen LogP contribution < -0.4 is 15.4 Å². The molecule has 2 aromatic rings. The largest absolute Gasteiger partial charge is 0.497 e. The van der Waals surface area contributed by atoms with Gasteiger partial charge < -0.3 is 15.4 Å². The molecule has 3 rings (SSSR count). The zero-order chi connectivity index (χ0) is 20.7. The van der Waals surface area contributed by atoms with Crippen LogP contribution in [0, 0.1) is 5.82 Å². The standard InChI is InChI=1S/C23H27FN2O3/c1-29-20-7-5-18(6-8-20)16-23(13-10-22(28)26-23)12-9-21(27)25-14-11-17-3-2-4-19(24)15-17/h2-8,15H,9-14,16H2,1H3,(H,25,27)(H,26,28)/t23-/m0/s1. The summed E-state index contributed by atoms with van der Waals surface area (Å²) in [5, 5.41) is 5.99. The SMILES string of the molecule is COc1ccc(C[C@]2(CCC(=O)NCCc3cccc(F)c3)CCC(=O)N2)cc1. The number of hydrogen-bond donors (Lipinski definition) is 2. The van der Waals surface area contributed by atoms with E-state index in [2.05, 4.69) is 10.6 Å². The smallest absolute Gasteiger partial charge is 0.220 e. The maximum Gasteiger partial charge on any atom is 0.220 e. The molecule has 1 heterocycles. The first-order valence-corrected chi connectivity index (χ1v) is 9.93. The summed E-state index contributed by atoms with van der Waals surface area (Å²) in [4.78, 5) is 24.2. The molecule has 1 aliphatic rings. The molecule has 1 atom stereocenters. The average molecular weight is 398 g/mol. The van der Waals surface area contributed by atoms with Crippen molar-refractivity contribution in [2.24, 2.45) is 0 Å². The number of carbonyl (C=O) groups excluding carboxylic acids is 2. The molecule has 2 N–H and O–H groups in total. The Labute approximate surface area is 170 Å². The third-order valence-electron chi connectivity index (χ3n) is 5.39. The molecule has 2 amide bonds. The van der Waals surface area contributed by atoms with Gasteiger partial charge in [0.05, 0.1) is 7.11 Å². The molecule has 0 unspecified atom stereocenters. The highest BCUT2D eigenvalue weighted by Gasteiger charge is 2.37. The molecule has 0 spiro atoms. The maximum atomic E-state index is 13.2. The summed E-state index contributed by atoms with van der Waals surface area (Å²) in [6.07, 6.45) is 3.37. The number of benzene rings is 2. The molecule has 5 nitrogen and oxygen atoms in total. The number of halogens is 1. The molecule has 154 valence electrons. The van der Waals surface area contributed by atoms with Gasteiger partial charge in [0.15, 0.2) is 0 Å². The normalized spacial score (nSPS) is 18.3. The second-order valence-corrected chi connectivity index (χ2v) is 7.58. The monoisotopic (exact) mass is 398 g/mol. The number of nitrogens with one attached hydrogen (secondary N) is 2. The van der Waals surface area contributed by atoms with Crippen LogP contribution in [-0.4, -0.2) is 31.0 Å². The quantitative estimate of drug-likeness (QED) is 0.682. The lowest BCUT2D eigenvalue weighted by atomic mass is 9.85. The van der Waals surface area contributed by atoms with Crippen molar-refractivity contribution in [2.45, 2.75) is 44.1 Å². The van der Waals surface area contributed by atoms with Gasteiger partial charge in [-0.3, -0.25) is 9.59 Å². The summed E-state index contributed by atoms with van der Waals surface area (Å²) in [7, 11) is 1.63. The van der Waals surface area contributed by atoms with Crippen LogP contribution in [0.25, 0.3) is 0 Å². The van der Waals surface area contributed by atoms with E-state index >= 15 is 0 Å². The van der Waals surface area contributed by atoms with Gasteiger partial charge >= 0.3 is 0 Å². The van der Waals surface area contributed by atoms with Crippen LogP contribution in [0.3, 0.4) is 0 Å². The fourth-order valence-corrected chi connectivity index (χ4v) is 3.80. The van der Waals surface area contributed by atoms with Crippen LogP contribution in [0.4, 0.5) is 4.39 Å². The van der Waals surface area contributed by atoms with E-state index in [0.717, 1.165) is 16.9 Å². The van der Waals surface area contributed by atoms with Gasteiger partial charge in [-0.1, -0.05) is 24.3 Å². The molecule has 0 saturated carbocycles. The van der Waals surface area contributed by atoms with E-state index in [1.807, 2.05) is 30.3 Å². The summed E-state index contributed by atoms with van der Waals surface area (Å²) in [5.41, 5.74) is 1.55. The Kier molecular flexibility index (Phi) is 6.86. The van der Waals surface area contributed by atoms with Gasteiger partial charge in [-0.25, -0.2) is 4.39 Å². The summed E-state index contributed by atoms with van der Waals surface area (Å²) < 4.78 is 18.4. The highest BCUT2D eigenvalue weighted by molar-refractivity contribution is 5.80. The lowest BCUT2D eigenvalue weighted by Gasteiger charge is -2.29. The van der Waals surface area contributed by atoms with Gasteiger partial charge in [0.25, 0.3) is 0 Å². The first-order chi connectivity index (χ1) is 14.0. The topological polar surface area (TPSA) is 67.4 Å². The molecule has 2 aromatic carbocycles. The Hall–Kier alpha value is -2.89. The number of methoxy groups -OCH3 is 1. The number of hydrogen-bond acceptors (Lipinski definition) is 3. The zero-order valence-corrected chi connectivity index (χ0v) is 16.7. The van der Waals surface area contributed by atoms with Crippen molar-refractivity contribution in [3.63, 3.8) is 0 Å². The lowest BCUT2D eigenvalue weighted by Crippen LogP contribution is -2.44. The molecule has 0 bridgehead atoms. The van der Waals surface area contributed by atoms with Crippen molar-refractivity contribution in [3.8, 4) is 5.75 Å². The van der Waals surface area contributed by atoms with Crippen LogP contribution in [0.1, 0.15) is 36.8 Å². The van der Waals surface area contributed by atoms with Crippen molar-refractivity contribution < 1.29 is 18.7 Å². The van der Waals surface area contributed by atoms with Crippen molar-refractivity contribution in [1.82, 2.24) is 10.6 Å². The molecule has 0 radical (unpaired) electrons. The minimum Gasteiger partial charge on any atom is -0.497 e. The van der Waals surface area contributed by atoms with E-state index in [4.69, 9.17) is 4.74 Å². The minimum absolute atomic E-state index is 0.0324. The number of carbonyl (C=O) groups is 2. The van der Waals surface area contributed by atoms with E-state index in [9.17, 15) is 14.0 Å². The molecular weight excluding hydrogens is 371 g/mol. The molecule has 6 heteroatoms. The first-order valence-electron chi connectivity index (χ1n) is 9.93. The minimum atomic E-state index is -0.397. The van der Waals surface area contributed by atoms with Gasteiger partial charge in [0.2, 0.25) is 11.8 Å². The van der Waals surface area contributed by atoms with E-state index in [-0.39, 0.29) is 17.6 Å². The summed E-state index contributed by atoms with van der Waals surface area (Å²) in [6, 6.07) is 14.2. The number of ether oxygens (including phenoxy) is 1. The molecule has 1 fully saturated rings. The Bertz CT molecular complexity index is 853. The fourth-order valence-electron chi connectivity index (χ4n) is 3.80. The summed E-state index contributed by atoms with van der Waals surface area (Å²) >= 11 is 0. The molecule has 1 saturated heterocycles. The van der Waals surface area contributed by atoms with Crippen LogP contribution in [0.15, 0.2) is 48.5 Å². The number of amides is 2. The molecule has 29 heavy (non-hydrogen) atoms. The van der Waals surface area contributed by atoms with E-state index < -0.39 is 5.54 Å². The average Bonchev–Trinajstić information content (AvgIpc) is 3.08. The van der Waals surface area contributed by atoms with Crippen LogP contribution in [0.5, 0.6) is 5.75 Å². The second kappa shape index (κ2) is 9.54. The highest BCUT2D eigenvalue weighted by atomic mass is 19.1. The highest BCUT2D eigenvalue weighted by Crippen LogP contribution is 2.30. The van der Waals surface area contributed by atoms with Gasteiger partial charge in [0.1, 0.15) is 11.6 Å². The molecule has 0 aromatic heterocycles. The van der Waals surface area contributed by atoms with E-state index in [1.165, 1.54) is 12.1 Å². The molecular formula is C23H27FN2O3. The number of rotatable bonds is 9. The Morgan fingerprint density at radius 1 is 1.21 bits per heavy atom. The lowest BCUT2D eigenvalue weighted by molar-refractivity contribution is -0.122. The van der Waals surface area contributed by atoms with E-state index in [1.54, 1.807) is 13.2 Å². The fraction of sp³-hybridized carbons (Fsp3) is 0.391. The maximum absolute atomic E-state index is 13.2. The predicted octanol–water partition coefficient (Wildman–Crippen LogP) is 3.16. The third kappa shape index (κ3) is 6.04. The van der Waals surface area contributed by atoms with Gasteiger partial charge in [0, 0.05) is 24.9 Å². The van der Waals surface area contributed by atoms with Crippen molar-refractivity contribution in [3.05, 3.63) is 65.5 Å². The Balaban J connectivity index is 1.51. The van der Waals surface area contributed by atoms with E-state index in [0.29, 0.717) is 45.1 Å². The van der Waals surface area contributed by atoms with Crippen LogP contribution in [-0.2, 0) is 22.4 Å². The Morgan fingerprint density at radius 2 is 2.00 bits per heavy atom. The predicted molar refractivity (Wildman–Crippen MR) is 109 cm³/mol.